The first-order chi connectivity index (χ1) is 11.0. The summed E-state index contributed by atoms with van der Waals surface area (Å²) in [6, 6.07) is 15.8. The van der Waals surface area contributed by atoms with Crippen LogP contribution in [0.1, 0.15) is 10.6 Å². The zero-order chi connectivity index (χ0) is 16.4. The summed E-state index contributed by atoms with van der Waals surface area (Å²) in [6.07, 6.45) is 0. The minimum atomic E-state index is -0.353. The van der Waals surface area contributed by atoms with Crippen molar-refractivity contribution in [1.29, 1.82) is 0 Å². The molecule has 2 aromatic carbocycles. The van der Waals surface area contributed by atoms with E-state index in [-0.39, 0.29) is 11.7 Å². The Morgan fingerprint density at radius 3 is 2.65 bits per heavy atom. The van der Waals surface area contributed by atoms with Crippen molar-refractivity contribution in [3.8, 4) is 11.3 Å². The average Bonchev–Trinajstić information content (AvgIpc) is 3.00. The third-order valence-corrected chi connectivity index (χ3v) is 4.20. The number of carbonyl (C=O) groups excluding carboxylic acids is 1. The van der Waals surface area contributed by atoms with E-state index in [2.05, 4.69) is 21.2 Å². The number of halogens is 2. The Hall–Kier alpha value is -2.24. The van der Waals surface area contributed by atoms with Gasteiger partial charge in [-0.15, -0.1) is 0 Å². The highest BCUT2D eigenvalue weighted by atomic mass is 79.9. The SMILES string of the molecule is Nc1ccc(NC(=O)c2ccc(-c3ccccc3Cl)o2)c(Br)c1. The summed E-state index contributed by atoms with van der Waals surface area (Å²) >= 11 is 9.49. The van der Waals surface area contributed by atoms with Gasteiger partial charge in [-0.1, -0.05) is 23.7 Å². The molecule has 6 heteroatoms. The van der Waals surface area contributed by atoms with E-state index >= 15 is 0 Å². The lowest BCUT2D eigenvalue weighted by atomic mass is 10.2. The standard InChI is InChI=1S/C17H12BrClN2O2/c18-12-9-10(20)5-6-14(12)21-17(22)16-8-7-15(23-16)11-3-1-2-4-13(11)19/h1-9H,20H2,(H,21,22). The maximum Gasteiger partial charge on any atom is 0.291 e. The predicted molar refractivity (Wildman–Crippen MR) is 95.7 cm³/mol. The largest absolute Gasteiger partial charge is 0.451 e. The monoisotopic (exact) mass is 390 g/mol. The van der Waals surface area contributed by atoms with E-state index < -0.39 is 0 Å². The molecule has 1 aromatic heterocycles. The summed E-state index contributed by atoms with van der Waals surface area (Å²) in [5, 5.41) is 3.33. The minimum Gasteiger partial charge on any atom is -0.451 e. The van der Waals surface area contributed by atoms with Crippen molar-refractivity contribution in [2.24, 2.45) is 0 Å². The summed E-state index contributed by atoms with van der Waals surface area (Å²) in [5.41, 5.74) is 7.63. The average molecular weight is 392 g/mol. The maximum atomic E-state index is 12.3. The van der Waals surface area contributed by atoms with Crippen molar-refractivity contribution in [3.05, 3.63) is 69.9 Å². The summed E-state index contributed by atoms with van der Waals surface area (Å²) in [5.74, 6) is 0.384. The van der Waals surface area contributed by atoms with E-state index in [1.54, 1.807) is 36.4 Å². The molecule has 0 fully saturated rings. The van der Waals surface area contributed by atoms with E-state index in [0.29, 0.717) is 26.6 Å². The van der Waals surface area contributed by atoms with Gasteiger partial charge in [-0.05, 0) is 58.4 Å². The topological polar surface area (TPSA) is 68.3 Å². The van der Waals surface area contributed by atoms with Gasteiger partial charge in [0.2, 0.25) is 0 Å². The first-order valence-electron chi connectivity index (χ1n) is 6.76. The van der Waals surface area contributed by atoms with E-state index in [0.717, 1.165) is 5.56 Å². The lowest BCUT2D eigenvalue weighted by molar-refractivity contribution is 0.0997. The Bertz CT molecular complexity index is 877. The molecule has 1 heterocycles. The molecule has 0 spiro atoms. The van der Waals surface area contributed by atoms with Crippen LogP contribution in [0, 0.1) is 0 Å². The molecule has 0 atom stereocenters. The maximum absolute atomic E-state index is 12.3. The van der Waals surface area contributed by atoms with Crippen LogP contribution in [0.15, 0.2) is 63.5 Å². The number of nitrogens with one attached hydrogen (secondary N) is 1. The van der Waals surface area contributed by atoms with Crippen LogP contribution >= 0.6 is 27.5 Å². The molecule has 0 saturated heterocycles. The molecule has 3 rings (SSSR count). The molecule has 0 aliphatic carbocycles. The number of furan rings is 1. The van der Waals surface area contributed by atoms with Crippen LogP contribution in [0.2, 0.25) is 5.02 Å². The molecule has 4 nitrogen and oxygen atoms in total. The predicted octanol–water partition coefficient (Wildman–Crippen LogP) is 5.20. The Labute approximate surface area is 146 Å². The highest BCUT2D eigenvalue weighted by Crippen LogP contribution is 2.30. The number of benzene rings is 2. The summed E-state index contributed by atoms with van der Waals surface area (Å²) < 4.78 is 6.31. The highest BCUT2D eigenvalue weighted by Gasteiger charge is 2.15. The van der Waals surface area contributed by atoms with E-state index in [9.17, 15) is 4.79 Å². The van der Waals surface area contributed by atoms with Crippen LogP contribution in [-0.2, 0) is 0 Å². The van der Waals surface area contributed by atoms with Gasteiger partial charge in [0.05, 0.1) is 10.7 Å². The molecular weight excluding hydrogens is 380 g/mol. The molecule has 23 heavy (non-hydrogen) atoms. The second kappa shape index (κ2) is 6.48. The lowest BCUT2D eigenvalue weighted by Gasteiger charge is -2.06. The molecule has 116 valence electrons. The number of carbonyl (C=O) groups is 1. The molecule has 0 aliphatic rings. The van der Waals surface area contributed by atoms with Crippen LogP contribution in [0.4, 0.5) is 11.4 Å². The summed E-state index contributed by atoms with van der Waals surface area (Å²) in [7, 11) is 0. The Balaban J connectivity index is 1.83. The molecule has 0 saturated carbocycles. The lowest BCUT2D eigenvalue weighted by Crippen LogP contribution is -2.11. The van der Waals surface area contributed by atoms with E-state index in [1.807, 2.05) is 18.2 Å². The van der Waals surface area contributed by atoms with Gasteiger partial charge in [0.15, 0.2) is 5.76 Å². The second-order valence-electron chi connectivity index (χ2n) is 4.84. The first-order valence-corrected chi connectivity index (χ1v) is 7.93. The van der Waals surface area contributed by atoms with Gasteiger partial charge in [0.1, 0.15) is 5.76 Å². The van der Waals surface area contributed by atoms with Crippen LogP contribution in [0.25, 0.3) is 11.3 Å². The summed E-state index contributed by atoms with van der Waals surface area (Å²) in [4.78, 5) is 12.3. The Morgan fingerprint density at radius 2 is 1.91 bits per heavy atom. The molecule has 3 N–H and O–H groups in total. The van der Waals surface area contributed by atoms with Crippen molar-refractivity contribution in [1.82, 2.24) is 0 Å². The molecule has 0 radical (unpaired) electrons. The molecule has 3 aromatic rings. The molecule has 0 bridgehead atoms. The third-order valence-electron chi connectivity index (χ3n) is 3.21. The fourth-order valence-corrected chi connectivity index (χ4v) is 2.81. The zero-order valence-electron chi connectivity index (χ0n) is 11.8. The number of nitrogen functional groups attached to an aromatic ring is 1. The van der Waals surface area contributed by atoms with Gasteiger partial charge >= 0.3 is 0 Å². The Kier molecular flexibility index (Phi) is 4.41. The number of hydrogen-bond donors (Lipinski definition) is 2. The molecule has 0 aliphatic heterocycles. The Morgan fingerprint density at radius 1 is 1.13 bits per heavy atom. The van der Waals surface area contributed by atoms with Crippen molar-refractivity contribution in [3.63, 3.8) is 0 Å². The van der Waals surface area contributed by atoms with E-state index in [1.165, 1.54) is 0 Å². The van der Waals surface area contributed by atoms with Crippen LogP contribution < -0.4 is 11.1 Å². The third kappa shape index (κ3) is 3.41. The van der Waals surface area contributed by atoms with Crippen molar-refractivity contribution in [2.45, 2.75) is 0 Å². The smallest absolute Gasteiger partial charge is 0.291 e. The van der Waals surface area contributed by atoms with Gasteiger partial charge < -0.3 is 15.5 Å². The number of amides is 1. The second-order valence-corrected chi connectivity index (χ2v) is 6.10. The number of hydrogen-bond acceptors (Lipinski definition) is 3. The quantitative estimate of drug-likeness (QED) is 0.603. The van der Waals surface area contributed by atoms with Crippen molar-refractivity contribution in [2.75, 3.05) is 11.1 Å². The van der Waals surface area contributed by atoms with Crippen LogP contribution in [0.3, 0.4) is 0 Å². The number of nitrogens with two attached hydrogens (primary N) is 1. The van der Waals surface area contributed by atoms with Crippen molar-refractivity contribution >= 4 is 44.8 Å². The van der Waals surface area contributed by atoms with Gasteiger partial charge in [0, 0.05) is 15.7 Å². The first kappa shape index (κ1) is 15.6. The minimum absolute atomic E-state index is 0.198. The highest BCUT2D eigenvalue weighted by molar-refractivity contribution is 9.10. The fourth-order valence-electron chi connectivity index (χ4n) is 2.08. The van der Waals surface area contributed by atoms with Gasteiger partial charge in [-0.25, -0.2) is 0 Å². The summed E-state index contributed by atoms with van der Waals surface area (Å²) in [6.45, 7) is 0. The van der Waals surface area contributed by atoms with Crippen LogP contribution in [-0.4, -0.2) is 5.91 Å². The van der Waals surface area contributed by atoms with Crippen LogP contribution in [0.5, 0.6) is 0 Å². The van der Waals surface area contributed by atoms with E-state index in [4.69, 9.17) is 21.8 Å². The van der Waals surface area contributed by atoms with Gasteiger partial charge in [0.25, 0.3) is 5.91 Å². The van der Waals surface area contributed by atoms with Crippen molar-refractivity contribution < 1.29 is 9.21 Å². The normalized spacial score (nSPS) is 10.5. The number of rotatable bonds is 3. The van der Waals surface area contributed by atoms with Gasteiger partial charge in [-0.3, -0.25) is 4.79 Å². The number of anilines is 2. The van der Waals surface area contributed by atoms with Gasteiger partial charge in [-0.2, -0.15) is 0 Å². The fraction of sp³-hybridized carbons (Fsp3) is 0. The molecular formula is C17H12BrClN2O2. The molecule has 1 amide bonds. The molecule has 0 unspecified atom stereocenters. The zero-order valence-corrected chi connectivity index (χ0v) is 14.2.